The molecule has 2 rings (SSSR count). The lowest BCUT2D eigenvalue weighted by molar-refractivity contribution is -0.131. The van der Waals surface area contributed by atoms with Crippen molar-refractivity contribution in [2.45, 2.75) is 25.9 Å². The molecule has 0 radical (unpaired) electrons. The summed E-state index contributed by atoms with van der Waals surface area (Å²) in [6.45, 7) is 4.68. The number of pyridine rings is 1. The fourth-order valence-corrected chi connectivity index (χ4v) is 2.35. The van der Waals surface area contributed by atoms with E-state index in [0.29, 0.717) is 18.7 Å². The number of nitrogens with zero attached hydrogens (tertiary/aromatic N) is 2. The molecule has 7 heteroatoms. The lowest BCUT2D eigenvalue weighted by Gasteiger charge is -2.35. The lowest BCUT2D eigenvalue weighted by atomic mass is 10.1. The predicted octanol–water partition coefficient (Wildman–Crippen LogP) is 1.10. The van der Waals surface area contributed by atoms with Gasteiger partial charge in [-0.3, -0.25) is 14.6 Å². The number of hydrogen-bond donors (Lipinski definition) is 1. The van der Waals surface area contributed by atoms with Gasteiger partial charge >= 0.3 is 0 Å². The van der Waals surface area contributed by atoms with Crippen molar-refractivity contribution in [2.75, 3.05) is 19.8 Å². The molecule has 0 aliphatic carbocycles. The molecular weight excluding hydrogens is 294 g/mol. The van der Waals surface area contributed by atoms with Crippen LogP contribution in [0, 0.1) is 0 Å². The molecule has 1 N–H and O–H groups in total. The number of morpholine rings is 1. The van der Waals surface area contributed by atoms with Crippen LogP contribution in [0.3, 0.4) is 0 Å². The third-order valence-corrected chi connectivity index (χ3v) is 3.43. The second-order valence-corrected chi connectivity index (χ2v) is 5.52. The molecule has 0 bridgehead atoms. The normalized spacial score (nSPS) is 18.7. The number of rotatable bonds is 3. The molecular formula is C14H18ClN3O3. The topological polar surface area (TPSA) is 71.5 Å². The Labute approximate surface area is 128 Å². The summed E-state index contributed by atoms with van der Waals surface area (Å²) in [5.74, 6) is -0.502. The van der Waals surface area contributed by atoms with E-state index in [-0.39, 0.29) is 29.5 Å². The first-order valence-electron chi connectivity index (χ1n) is 6.79. The first kappa shape index (κ1) is 15.7. The molecule has 1 atom stereocenters. The van der Waals surface area contributed by atoms with Crippen LogP contribution in [0.4, 0.5) is 0 Å². The van der Waals surface area contributed by atoms with Crippen molar-refractivity contribution in [3.8, 4) is 0 Å². The molecule has 114 valence electrons. The van der Waals surface area contributed by atoms with Crippen LogP contribution >= 0.6 is 11.6 Å². The molecule has 1 saturated heterocycles. The summed E-state index contributed by atoms with van der Waals surface area (Å²) < 4.78 is 5.33. The molecule has 1 aliphatic rings. The molecule has 0 spiro atoms. The van der Waals surface area contributed by atoms with Gasteiger partial charge in [0.05, 0.1) is 23.8 Å². The summed E-state index contributed by atoms with van der Waals surface area (Å²) in [6.07, 6.45) is 2.92. The van der Waals surface area contributed by atoms with Crippen LogP contribution in [0.25, 0.3) is 0 Å². The maximum absolute atomic E-state index is 12.6. The minimum absolute atomic E-state index is 0.000826. The molecule has 2 heterocycles. The van der Waals surface area contributed by atoms with E-state index in [0.717, 1.165) is 0 Å². The molecule has 1 aliphatic heterocycles. The summed E-state index contributed by atoms with van der Waals surface area (Å²) in [4.78, 5) is 30.2. The summed E-state index contributed by atoms with van der Waals surface area (Å²) in [6, 6.07) is 0.913. The van der Waals surface area contributed by atoms with E-state index >= 15 is 0 Å². The van der Waals surface area contributed by atoms with E-state index in [1.165, 1.54) is 17.3 Å². The second-order valence-electron chi connectivity index (χ2n) is 5.11. The van der Waals surface area contributed by atoms with E-state index < -0.39 is 6.04 Å². The fraction of sp³-hybridized carbons (Fsp3) is 0.500. The van der Waals surface area contributed by atoms with Gasteiger partial charge in [0.15, 0.2) is 0 Å². The molecule has 0 aromatic carbocycles. The lowest BCUT2D eigenvalue weighted by Crippen LogP contribution is -2.56. The minimum atomic E-state index is -0.641. The van der Waals surface area contributed by atoms with Crippen molar-refractivity contribution >= 4 is 23.4 Å². The Balaban J connectivity index is 2.20. The molecule has 1 aromatic heterocycles. The summed E-state index contributed by atoms with van der Waals surface area (Å²) in [7, 11) is 0. The van der Waals surface area contributed by atoms with Gasteiger partial charge in [0.1, 0.15) is 6.04 Å². The first-order valence-corrected chi connectivity index (χ1v) is 7.17. The van der Waals surface area contributed by atoms with Gasteiger partial charge in [-0.1, -0.05) is 11.6 Å². The highest BCUT2D eigenvalue weighted by molar-refractivity contribution is 6.33. The zero-order valence-electron chi connectivity index (χ0n) is 12.0. The molecule has 1 unspecified atom stereocenters. The quantitative estimate of drug-likeness (QED) is 0.907. The smallest absolute Gasteiger partial charge is 0.256 e. The fourth-order valence-electron chi connectivity index (χ4n) is 2.15. The number of ether oxygens (including phenoxy) is 1. The summed E-state index contributed by atoms with van der Waals surface area (Å²) >= 11 is 6.01. The molecule has 1 aromatic rings. The van der Waals surface area contributed by atoms with Crippen LogP contribution in [0.15, 0.2) is 18.5 Å². The monoisotopic (exact) mass is 311 g/mol. The van der Waals surface area contributed by atoms with Gasteiger partial charge in [-0.15, -0.1) is 0 Å². The van der Waals surface area contributed by atoms with Crippen molar-refractivity contribution in [1.29, 1.82) is 0 Å². The van der Waals surface area contributed by atoms with Gasteiger partial charge in [0, 0.05) is 25.0 Å². The van der Waals surface area contributed by atoms with Gasteiger partial charge in [0.25, 0.3) is 5.91 Å². The van der Waals surface area contributed by atoms with Crippen LogP contribution in [-0.2, 0) is 9.53 Å². The van der Waals surface area contributed by atoms with Crippen molar-refractivity contribution < 1.29 is 14.3 Å². The van der Waals surface area contributed by atoms with E-state index in [9.17, 15) is 9.59 Å². The largest absolute Gasteiger partial charge is 0.377 e. The number of carbonyl (C=O) groups is 2. The van der Waals surface area contributed by atoms with E-state index in [1.807, 2.05) is 13.8 Å². The van der Waals surface area contributed by atoms with Crippen molar-refractivity contribution in [2.24, 2.45) is 0 Å². The Bertz CT molecular complexity index is 536. The van der Waals surface area contributed by atoms with Gasteiger partial charge < -0.3 is 15.0 Å². The summed E-state index contributed by atoms with van der Waals surface area (Å²) in [5, 5.41) is 3.08. The highest BCUT2D eigenvalue weighted by Crippen LogP contribution is 2.19. The van der Waals surface area contributed by atoms with Crippen LogP contribution in [0.2, 0.25) is 5.02 Å². The zero-order valence-corrected chi connectivity index (χ0v) is 12.8. The average molecular weight is 312 g/mol. The number of halogens is 1. The van der Waals surface area contributed by atoms with Gasteiger partial charge in [0.2, 0.25) is 5.91 Å². The Morgan fingerprint density at radius 1 is 1.52 bits per heavy atom. The van der Waals surface area contributed by atoms with E-state index in [4.69, 9.17) is 16.3 Å². The van der Waals surface area contributed by atoms with Crippen molar-refractivity contribution in [3.63, 3.8) is 0 Å². The van der Waals surface area contributed by atoms with E-state index in [1.54, 1.807) is 6.07 Å². The van der Waals surface area contributed by atoms with Gasteiger partial charge in [-0.05, 0) is 19.9 Å². The van der Waals surface area contributed by atoms with Crippen LogP contribution in [0.5, 0.6) is 0 Å². The highest BCUT2D eigenvalue weighted by Gasteiger charge is 2.34. The third-order valence-electron chi connectivity index (χ3n) is 3.13. The van der Waals surface area contributed by atoms with E-state index in [2.05, 4.69) is 10.3 Å². The Hall–Kier alpha value is -1.66. The van der Waals surface area contributed by atoms with Gasteiger partial charge in [-0.2, -0.15) is 0 Å². The highest BCUT2D eigenvalue weighted by atomic mass is 35.5. The third kappa shape index (κ3) is 3.71. The Morgan fingerprint density at radius 3 is 2.95 bits per heavy atom. The Kier molecular flexibility index (Phi) is 5.14. The average Bonchev–Trinajstić information content (AvgIpc) is 2.46. The number of aromatic nitrogens is 1. The number of amides is 2. The number of hydrogen-bond acceptors (Lipinski definition) is 4. The minimum Gasteiger partial charge on any atom is -0.377 e. The summed E-state index contributed by atoms with van der Waals surface area (Å²) in [5.41, 5.74) is 0.343. The number of carbonyl (C=O) groups excluding carboxylic acids is 2. The predicted molar refractivity (Wildman–Crippen MR) is 78.2 cm³/mol. The maximum Gasteiger partial charge on any atom is 0.256 e. The Morgan fingerprint density at radius 2 is 2.29 bits per heavy atom. The van der Waals surface area contributed by atoms with Gasteiger partial charge in [-0.25, -0.2) is 0 Å². The molecule has 1 fully saturated rings. The van der Waals surface area contributed by atoms with Crippen molar-refractivity contribution in [1.82, 2.24) is 15.2 Å². The molecule has 6 nitrogen and oxygen atoms in total. The van der Waals surface area contributed by atoms with Crippen molar-refractivity contribution in [3.05, 3.63) is 29.0 Å². The standard InChI is InChI=1S/C14H18ClN3O3/c1-9(2)17-13(19)12-8-21-6-5-18(12)14(20)10-3-4-16-7-11(10)15/h3-4,7,9,12H,5-6,8H2,1-2H3,(H,17,19). The molecule has 21 heavy (non-hydrogen) atoms. The number of nitrogens with one attached hydrogen (secondary N) is 1. The van der Waals surface area contributed by atoms with Crippen LogP contribution in [0.1, 0.15) is 24.2 Å². The zero-order chi connectivity index (χ0) is 15.4. The van der Waals surface area contributed by atoms with Crippen LogP contribution < -0.4 is 5.32 Å². The van der Waals surface area contributed by atoms with Crippen LogP contribution in [-0.4, -0.2) is 53.5 Å². The molecule has 0 saturated carbocycles. The molecule has 2 amide bonds. The first-order chi connectivity index (χ1) is 10.0. The SMILES string of the molecule is CC(C)NC(=O)C1COCCN1C(=O)c1ccncc1Cl. The second kappa shape index (κ2) is 6.87. The maximum atomic E-state index is 12.6.